The van der Waals surface area contributed by atoms with Gasteiger partial charge in [0.15, 0.2) is 0 Å². The molecule has 5 heteroatoms. The van der Waals surface area contributed by atoms with Gasteiger partial charge in [0.2, 0.25) is 5.91 Å². The van der Waals surface area contributed by atoms with Crippen LogP contribution in [0.3, 0.4) is 0 Å². The Kier molecular flexibility index (Phi) is 4.72. The third-order valence-corrected chi connectivity index (χ3v) is 2.39. The van der Waals surface area contributed by atoms with Gasteiger partial charge in [0, 0.05) is 39.8 Å². The van der Waals surface area contributed by atoms with Crippen LogP contribution in [-0.4, -0.2) is 31.5 Å². The fraction of sp³-hybridized carbons (Fsp3) is 0.455. The number of pyridine rings is 1. The van der Waals surface area contributed by atoms with Crippen LogP contribution >= 0.6 is 0 Å². The van der Waals surface area contributed by atoms with E-state index in [9.17, 15) is 4.79 Å². The average molecular weight is 222 g/mol. The monoisotopic (exact) mass is 222 g/mol. The molecule has 0 spiro atoms. The molecule has 1 rings (SSSR count). The third-order valence-electron chi connectivity index (χ3n) is 2.39. The highest BCUT2D eigenvalue weighted by Gasteiger charge is 2.04. The average Bonchev–Trinajstić information content (AvgIpc) is 2.35. The number of aromatic nitrogens is 1. The minimum atomic E-state index is 0.0328. The molecular weight excluding hydrogens is 204 g/mol. The SMILES string of the molecule is CNC(=O)CCN(C)c1ccc(CN)cn1. The number of carbonyl (C=O) groups is 1. The van der Waals surface area contributed by atoms with Crippen LogP contribution in [0, 0.1) is 0 Å². The maximum Gasteiger partial charge on any atom is 0.221 e. The lowest BCUT2D eigenvalue weighted by Gasteiger charge is -2.17. The van der Waals surface area contributed by atoms with E-state index in [0.717, 1.165) is 11.4 Å². The molecule has 0 aliphatic carbocycles. The summed E-state index contributed by atoms with van der Waals surface area (Å²) >= 11 is 0. The second-order valence-electron chi connectivity index (χ2n) is 3.57. The van der Waals surface area contributed by atoms with Gasteiger partial charge >= 0.3 is 0 Å². The summed E-state index contributed by atoms with van der Waals surface area (Å²) in [5, 5.41) is 2.59. The number of hydrogen-bond acceptors (Lipinski definition) is 4. The highest BCUT2D eigenvalue weighted by molar-refractivity contribution is 5.76. The Bertz CT molecular complexity index is 336. The van der Waals surface area contributed by atoms with Crippen molar-refractivity contribution in [2.75, 3.05) is 25.5 Å². The fourth-order valence-electron chi connectivity index (χ4n) is 1.27. The fourth-order valence-corrected chi connectivity index (χ4v) is 1.27. The van der Waals surface area contributed by atoms with Crippen LogP contribution in [0.15, 0.2) is 18.3 Å². The Morgan fingerprint density at radius 2 is 2.31 bits per heavy atom. The van der Waals surface area contributed by atoms with Crippen molar-refractivity contribution in [1.29, 1.82) is 0 Å². The maximum absolute atomic E-state index is 11.1. The molecule has 1 heterocycles. The molecule has 88 valence electrons. The first kappa shape index (κ1) is 12.4. The van der Waals surface area contributed by atoms with Crippen LogP contribution in [0.25, 0.3) is 0 Å². The van der Waals surface area contributed by atoms with Gasteiger partial charge in [0.1, 0.15) is 5.82 Å². The normalized spacial score (nSPS) is 9.94. The predicted molar refractivity (Wildman–Crippen MR) is 64.1 cm³/mol. The summed E-state index contributed by atoms with van der Waals surface area (Å²) in [5.74, 6) is 0.881. The predicted octanol–water partition coefficient (Wildman–Crippen LogP) is 0.113. The lowest BCUT2D eigenvalue weighted by atomic mass is 10.3. The van der Waals surface area contributed by atoms with Crippen LogP contribution in [0.4, 0.5) is 5.82 Å². The van der Waals surface area contributed by atoms with E-state index in [4.69, 9.17) is 5.73 Å². The number of rotatable bonds is 5. The molecule has 1 aromatic rings. The van der Waals surface area contributed by atoms with E-state index in [-0.39, 0.29) is 5.91 Å². The zero-order valence-corrected chi connectivity index (χ0v) is 9.73. The van der Waals surface area contributed by atoms with Crippen molar-refractivity contribution < 1.29 is 4.79 Å². The highest BCUT2D eigenvalue weighted by atomic mass is 16.1. The van der Waals surface area contributed by atoms with Crippen molar-refractivity contribution in [3.63, 3.8) is 0 Å². The van der Waals surface area contributed by atoms with Crippen molar-refractivity contribution in [3.8, 4) is 0 Å². The summed E-state index contributed by atoms with van der Waals surface area (Å²) in [6, 6.07) is 3.85. The minimum Gasteiger partial charge on any atom is -0.359 e. The van der Waals surface area contributed by atoms with Gasteiger partial charge in [-0.15, -0.1) is 0 Å². The first-order chi connectivity index (χ1) is 7.67. The summed E-state index contributed by atoms with van der Waals surface area (Å²) in [4.78, 5) is 17.3. The van der Waals surface area contributed by atoms with Crippen LogP contribution in [0.2, 0.25) is 0 Å². The minimum absolute atomic E-state index is 0.0328. The molecule has 0 bridgehead atoms. The quantitative estimate of drug-likeness (QED) is 0.742. The molecule has 0 saturated heterocycles. The Morgan fingerprint density at radius 1 is 1.56 bits per heavy atom. The van der Waals surface area contributed by atoms with Gasteiger partial charge in [0.25, 0.3) is 0 Å². The summed E-state index contributed by atoms with van der Waals surface area (Å²) in [5.41, 5.74) is 6.49. The van der Waals surface area contributed by atoms with Gasteiger partial charge in [-0.05, 0) is 11.6 Å². The van der Waals surface area contributed by atoms with Gasteiger partial charge in [-0.2, -0.15) is 0 Å². The van der Waals surface area contributed by atoms with E-state index in [2.05, 4.69) is 10.3 Å². The smallest absolute Gasteiger partial charge is 0.221 e. The number of hydrogen-bond donors (Lipinski definition) is 2. The second kappa shape index (κ2) is 6.07. The highest BCUT2D eigenvalue weighted by Crippen LogP contribution is 2.09. The van der Waals surface area contributed by atoms with Gasteiger partial charge < -0.3 is 16.0 Å². The van der Waals surface area contributed by atoms with Crippen molar-refractivity contribution in [2.24, 2.45) is 5.73 Å². The number of nitrogens with zero attached hydrogens (tertiary/aromatic N) is 2. The van der Waals surface area contributed by atoms with E-state index < -0.39 is 0 Å². The Morgan fingerprint density at radius 3 is 2.81 bits per heavy atom. The van der Waals surface area contributed by atoms with Crippen molar-refractivity contribution in [2.45, 2.75) is 13.0 Å². The number of carbonyl (C=O) groups excluding carboxylic acids is 1. The van der Waals surface area contributed by atoms with Crippen LogP contribution in [-0.2, 0) is 11.3 Å². The summed E-state index contributed by atoms with van der Waals surface area (Å²) in [7, 11) is 3.55. The van der Waals surface area contributed by atoms with E-state index in [0.29, 0.717) is 19.5 Å². The van der Waals surface area contributed by atoms with E-state index in [1.54, 1.807) is 13.2 Å². The Hall–Kier alpha value is -1.62. The zero-order valence-electron chi connectivity index (χ0n) is 9.73. The van der Waals surface area contributed by atoms with Gasteiger partial charge in [-0.3, -0.25) is 4.79 Å². The summed E-state index contributed by atoms with van der Waals surface area (Å²) in [6.45, 7) is 1.14. The standard InChI is InChI=1S/C11H18N4O/c1-13-11(16)5-6-15(2)10-4-3-9(7-12)8-14-10/h3-4,8H,5-7,12H2,1-2H3,(H,13,16). The second-order valence-corrected chi connectivity index (χ2v) is 3.57. The van der Waals surface area contributed by atoms with Gasteiger partial charge in [-0.1, -0.05) is 6.07 Å². The molecule has 0 aliphatic heterocycles. The first-order valence-electron chi connectivity index (χ1n) is 5.24. The first-order valence-corrected chi connectivity index (χ1v) is 5.24. The number of nitrogens with one attached hydrogen (secondary N) is 1. The molecule has 16 heavy (non-hydrogen) atoms. The third kappa shape index (κ3) is 3.51. The summed E-state index contributed by atoms with van der Waals surface area (Å²) < 4.78 is 0. The van der Waals surface area contributed by atoms with Gasteiger partial charge in [-0.25, -0.2) is 4.98 Å². The van der Waals surface area contributed by atoms with E-state index in [1.165, 1.54) is 0 Å². The van der Waals surface area contributed by atoms with Gasteiger partial charge in [0.05, 0.1) is 0 Å². The van der Waals surface area contributed by atoms with Crippen molar-refractivity contribution in [3.05, 3.63) is 23.9 Å². The molecule has 1 amide bonds. The lowest BCUT2D eigenvalue weighted by Crippen LogP contribution is -2.26. The summed E-state index contributed by atoms with van der Waals surface area (Å²) in [6.07, 6.45) is 2.22. The molecule has 5 nitrogen and oxygen atoms in total. The zero-order chi connectivity index (χ0) is 12.0. The lowest BCUT2D eigenvalue weighted by molar-refractivity contribution is -0.120. The molecule has 0 unspecified atom stereocenters. The largest absolute Gasteiger partial charge is 0.359 e. The molecule has 0 saturated carbocycles. The Labute approximate surface area is 95.7 Å². The van der Waals surface area contributed by atoms with Crippen LogP contribution in [0.1, 0.15) is 12.0 Å². The van der Waals surface area contributed by atoms with Crippen molar-refractivity contribution >= 4 is 11.7 Å². The maximum atomic E-state index is 11.1. The van der Waals surface area contributed by atoms with Crippen LogP contribution in [0.5, 0.6) is 0 Å². The van der Waals surface area contributed by atoms with Crippen molar-refractivity contribution in [1.82, 2.24) is 10.3 Å². The van der Waals surface area contributed by atoms with E-state index in [1.807, 2.05) is 24.1 Å². The molecule has 0 aliphatic rings. The Balaban J connectivity index is 2.52. The van der Waals surface area contributed by atoms with E-state index >= 15 is 0 Å². The topological polar surface area (TPSA) is 71.2 Å². The van der Waals surface area contributed by atoms with Crippen LogP contribution < -0.4 is 16.0 Å². The molecular formula is C11H18N4O. The molecule has 0 atom stereocenters. The molecule has 1 aromatic heterocycles. The molecule has 0 fully saturated rings. The molecule has 0 radical (unpaired) electrons. The number of amides is 1. The molecule has 3 N–H and O–H groups in total. The number of nitrogens with two attached hydrogens (primary N) is 1. The number of anilines is 1. The molecule has 0 aromatic carbocycles.